The predicted octanol–water partition coefficient (Wildman–Crippen LogP) is 3.92. The van der Waals surface area contributed by atoms with Gasteiger partial charge in [0.15, 0.2) is 0 Å². The SMILES string of the molecule is COc1ccc(CNc2nsc3ccccc23)cc1. The van der Waals surface area contributed by atoms with Crippen LogP contribution in [0.2, 0.25) is 0 Å². The third kappa shape index (κ3) is 2.53. The minimum Gasteiger partial charge on any atom is -0.497 e. The molecule has 0 saturated carbocycles. The van der Waals surface area contributed by atoms with Crippen molar-refractivity contribution >= 4 is 27.4 Å². The molecule has 96 valence electrons. The van der Waals surface area contributed by atoms with E-state index in [0.29, 0.717) is 0 Å². The second kappa shape index (κ2) is 5.28. The molecule has 3 aromatic rings. The Morgan fingerprint density at radius 2 is 1.89 bits per heavy atom. The number of aromatic nitrogens is 1. The molecule has 1 aromatic heterocycles. The Bertz CT molecular complexity index is 676. The molecule has 0 aliphatic carbocycles. The Kier molecular flexibility index (Phi) is 3.33. The van der Waals surface area contributed by atoms with Crippen molar-refractivity contribution in [3.8, 4) is 5.75 Å². The highest BCUT2D eigenvalue weighted by Gasteiger charge is 2.04. The summed E-state index contributed by atoms with van der Waals surface area (Å²) >= 11 is 1.52. The first-order valence-electron chi connectivity index (χ1n) is 6.08. The normalized spacial score (nSPS) is 10.6. The molecule has 0 spiro atoms. The number of hydrogen-bond acceptors (Lipinski definition) is 4. The molecule has 4 heteroatoms. The van der Waals surface area contributed by atoms with Gasteiger partial charge in [-0.3, -0.25) is 0 Å². The minimum absolute atomic E-state index is 0.762. The van der Waals surface area contributed by atoms with E-state index in [-0.39, 0.29) is 0 Å². The molecule has 3 rings (SSSR count). The quantitative estimate of drug-likeness (QED) is 0.780. The van der Waals surface area contributed by atoms with Crippen molar-refractivity contribution in [2.45, 2.75) is 6.54 Å². The van der Waals surface area contributed by atoms with E-state index in [1.165, 1.54) is 27.2 Å². The number of benzene rings is 2. The molecule has 2 aromatic carbocycles. The van der Waals surface area contributed by atoms with Crippen molar-refractivity contribution in [2.75, 3.05) is 12.4 Å². The van der Waals surface area contributed by atoms with Crippen LogP contribution in [0.5, 0.6) is 5.75 Å². The van der Waals surface area contributed by atoms with Gasteiger partial charge < -0.3 is 10.1 Å². The zero-order valence-corrected chi connectivity index (χ0v) is 11.4. The number of methoxy groups -OCH3 is 1. The van der Waals surface area contributed by atoms with Crippen LogP contribution in [0.4, 0.5) is 5.82 Å². The van der Waals surface area contributed by atoms with E-state index >= 15 is 0 Å². The molecule has 0 aliphatic rings. The van der Waals surface area contributed by atoms with E-state index < -0.39 is 0 Å². The van der Waals surface area contributed by atoms with E-state index in [1.54, 1.807) is 7.11 Å². The number of ether oxygens (including phenoxy) is 1. The first-order valence-corrected chi connectivity index (χ1v) is 6.85. The Labute approximate surface area is 116 Å². The molecule has 0 atom stereocenters. The molecule has 19 heavy (non-hydrogen) atoms. The molecular formula is C15H14N2OS. The fourth-order valence-electron chi connectivity index (χ4n) is 1.94. The van der Waals surface area contributed by atoms with Crippen LogP contribution in [0.1, 0.15) is 5.56 Å². The third-order valence-electron chi connectivity index (χ3n) is 3.00. The summed E-state index contributed by atoms with van der Waals surface area (Å²) in [5.41, 5.74) is 1.21. The predicted molar refractivity (Wildman–Crippen MR) is 79.9 cm³/mol. The largest absolute Gasteiger partial charge is 0.497 e. The molecule has 0 aliphatic heterocycles. The van der Waals surface area contributed by atoms with Crippen LogP contribution >= 0.6 is 11.5 Å². The molecule has 0 fully saturated rings. The first kappa shape index (κ1) is 12.0. The number of nitrogens with zero attached hydrogens (tertiary/aromatic N) is 1. The molecular weight excluding hydrogens is 256 g/mol. The van der Waals surface area contributed by atoms with Crippen LogP contribution in [0.25, 0.3) is 10.1 Å². The number of hydrogen-bond donors (Lipinski definition) is 1. The molecule has 0 bridgehead atoms. The molecule has 0 radical (unpaired) electrons. The zero-order valence-electron chi connectivity index (χ0n) is 10.6. The Morgan fingerprint density at radius 3 is 2.68 bits per heavy atom. The summed E-state index contributed by atoms with van der Waals surface area (Å²) in [6.07, 6.45) is 0. The lowest BCUT2D eigenvalue weighted by molar-refractivity contribution is 0.414. The highest BCUT2D eigenvalue weighted by molar-refractivity contribution is 7.13. The second-order valence-electron chi connectivity index (χ2n) is 4.23. The number of rotatable bonds is 4. The summed E-state index contributed by atoms with van der Waals surface area (Å²) in [7, 11) is 1.68. The summed E-state index contributed by atoms with van der Waals surface area (Å²) in [6, 6.07) is 16.3. The van der Waals surface area contributed by atoms with Gasteiger partial charge in [-0.2, -0.15) is 4.37 Å². The van der Waals surface area contributed by atoms with E-state index in [2.05, 4.69) is 34.0 Å². The molecule has 0 amide bonds. The van der Waals surface area contributed by atoms with E-state index in [9.17, 15) is 0 Å². The number of nitrogens with one attached hydrogen (secondary N) is 1. The number of anilines is 1. The summed E-state index contributed by atoms with van der Waals surface area (Å²) < 4.78 is 10.8. The van der Waals surface area contributed by atoms with Crippen molar-refractivity contribution in [1.29, 1.82) is 0 Å². The molecule has 1 heterocycles. The lowest BCUT2D eigenvalue weighted by atomic mass is 10.2. The summed E-state index contributed by atoms with van der Waals surface area (Å²) in [4.78, 5) is 0. The van der Waals surface area contributed by atoms with Crippen molar-refractivity contribution in [1.82, 2.24) is 4.37 Å². The maximum atomic E-state index is 5.15. The van der Waals surface area contributed by atoms with Crippen LogP contribution in [-0.4, -0.2) is 11.5 Å². The maximum Gasteiger partial charge on any atom is 0.147 e. The van der Waals surface area contributed by atoms with Crippen molar-refractivity contribution < 1.29 is 4.74 Å². The fraction of sp³-hybridized carbons (Fsp3) is 0.133. The lowest BCUT2D eigenvalue weighted by Gasteiger charge is -2.05. The average molecular weight is 270 g/mol. The summed E-state index contributed by atoms with van der Waals surface area (Å²) in [5.74, 6) is 1.83. The second-order valence-corrected chi connectivity index (χ2v) is 5.03. The lowest BCUT2D eigenvalue weighted by Crippen LogP contribution is -1.99. The number of fused-ring (bicyclic) bond motifs is 1. The van der Waals surface area contributed by atoms with Gasteiger partial charge in [-0.05, 0) is 41.4 Å². The van der Waals surface area contributed by atoms with Crippen molar-refractivity contribution in [3.05, 3.63) is 54.1 Å². The van der Waals surface area contributed by atoms with Gasteiger partial charge in [-0.1, -0.05) is 24.3 Å². The van der Waals surface area contributed by atoms with Gasteiger partial charge in [0, 0.05) is 11.9 Å². The monoisotopic (exact) mass is 270 g/mol. The van der Waals surface area contributed by atoms with Gasteiger partial charge in [0.25, 0.3) is 0 Å². The van der Waals surface area contributed by atoms with E-state index in [4.69, 9.17) is 4.74 Å². The van der Waals surface area contributed by atoms with Crippen molar-refractivity contribution in [3.63, 3.8) is 0 Å². The minimum atomic E-state index is 0.762. The van der Waals surface area contributed by atoms with E-state index in [0.717, 1.165) is 18.1 Å². The van der Waals surface area contributed by atoms with E-state index in [1.807, 2.05) is 24.3 Å². The maximum absolute atomic E-state index is 5.15. The van der Waals surface area contributed by atoms with Gasteiger partial charge in [-0.15, -0.1) is 0 Å². The van der Waals surface area contributed by atoms with Crippen LogP contribution < -0.4 is 10.1 Å². The third-order valence-corrected chi connectivity index (χ3v) is 3.82. The van der Waals surface area contributed by atoms with Crippen LogP contribution in [0, 0.1) is 0 Å². The molecule has 1 N–H and O–H groups in total. The highest BCUT2D eigenvalue weighted by atomic mass is 32.1. The van der Waals surface area contributed by atoms with Crippen molar-refractivity contribution in [2.24, 2.45) is 0 Å². The van der Waals surface area contributed by atoms with Gasteiger partial charge in [0.05, 0.1) is 11.8 Å². The van der Waals surface area contributed by atoms with Crippen LogP contribution in [-0.2, 0) is 6.54 Å². The Hall–Kier alpha value is -2.07. The van der Waals surface area contributed by atoms with Gasteiger partial charge >= 0.3 is 0 Å². The molecule has 3 nitrogen and oxygen atoms in total. The first-order chi connectivity index (χ1) is 9.36. The van der Waals surface area contributed by atoms with Gasteiger partial charge in [0.2, 0.25) is 0 Å². The zero-order chi connectivity index (χ0) is 13.1. The van der Waals surface area contributed by atoms with Crippen LogP contribution in [0.15, 0.2) is 48.5 Å². The summed E-state index contributed by atoms with van der Waals surface area (Å²) in [5, 5.41) is 4.56. The molecule has 0 unspecified atom stereocenters. The highest BCUT2D eigenvalue weighted by Crippen LogP contribution is 2.26. The fourth-order valence-corrected chi connectivity index (χ4v) is 2.70. The topological polar surface area (TPSA) is 34.1 Å². The summed E-state index contributed by atoms with van der Waals surface area (Å²) in [6.45, 7) is 0.762. The van der Waals surface area contributed by atoms with Gasteiger partial charge in [-0.25, -0.2) is 0 Å². The smallest absolute Gasteiger partial charge is 0.147 e. The Morgan fingerprint density at radius 1 is 1.11 bits per heavy atom. The standard InChI is InChI=1S/C15H14N2OS/c1-18-12-8-6-11(7-9-12)10-16-15-13-4-2-3-5-14(13)19-17-15/h2-9H,10H2,1H3,(H,16,17). The Balaban J connectivity index is 1.74. The average Bonchev–Trinajstić information content (AvgIpc) is 2.89. The van der Waals surface area contributed by atoms with Crippen LogP contribution in [0.3, 0.4) is 0 Å². The molecule has 0 saturated heterocycles. The van der Waals surface area contributed by atoms with Gasteiger partial charge in [0.1, 0.15) is 11.6 Å².